The lowest BCUT2D eigenvalue weighted by Crippen LogP contribution is -2.25. The molecule has 0 saturated heterocycles. The Morgan fingerprint density at radius 1 is 1.33 bits per heavy atom. The van der Waals surface area contributed by atoms with Crippen LogP contribution in [0.25, 0.3) is 11.4 Å². The molecule has 6 heteroatoms. The highest BCUT2D eigenvalue weighted by atomic mass is 35.5. The fourth-order valence-corrected chi connectivity index (χ4v) is 2.33. The summed E-state index contributed by atoms with van der Waals surface area (Å²) < 4.78 is 17.3. The molecular weight excluding hydrogens is 273 g/mol. The van der Waals surface area contributed by atoms with Gasteiger partial charge in [-0.2, -0.15) is 9.36 Å². The Labute approximate surface area is 114 Å². The molecule has 0 spiro atoms. The van der Waals surface area contributed by atoms with Gasteiger partial charge in [0, 0.05) is 22.6 Å². The van der Waals surface area contributed by atoms with E-state index in [0.29, 0.717) is 11.4 Å². The number of nitrogens with one attached hydrogen (secondary N) is 1. The summed E-state index contributed by atoms with van der Waals surface area (Å²) in [6, 6.07) is 4.46. The average molecular weight is 286 g/mol. The van der Waals surface area contributed by atoms with E-state index in [9.17, 15) is 4.39 Å². The van der Waals surface area contributed by atoms with Crippen molar-refractivity contribution >= 4 is 28.3 Å². The third kappa shape index (κ3) is 3.17. The molecule has 0 aliphatic heterocycles. The first-order valence-electron chi connectivity index (χ1n) is 5.42. The lowest BCUT2D eigenvalue weighted by molar-refractivity contribution is 0.628. The van der Waals surface area contributed by atoms with Crippen molar-refractivity contribution in [3.63, 3.8) is 0 Å². The number of aromatic nitrogens is 2. The fraction of sp³-hybridized carbons (Fsp3) is 0.333. The van der Waals surface area contributed by atoms with Gasteiger partial charge in [0.2, 0.25) is 5.13 Å². The van der Waals surface area contributed by atoms with Crippen LogP contribution < -0.4 is 5.32 Å². The minimum absolute atomic E-state index is 0.0722. The van der Waals surface area contributed by atoms with Crippen LogP contribution >= 0.6 is 23.1 Å². The van der Waals surface area contributed by atoms with Crippen LogP contribution in [0.4, 0.5) is 9.52 Å². The number of benzene rings is 1. The van der Waals surface area contributed by atoms with Gasteiger partial charge in [-0.3, -0.25) is 0 Å². The lowest BCUT2D eigenvalue weighted by atomic mass is 10.1. The SMILES string of the molecule is CC(C)(C)Nc1nc(-c2ccc(F)c(Cl)c2)ns1. The predicted octanol–water partition coefficient (Wildman–Crippen LogP) is 4.21. The lowest BCUT2D eigenvalue weighted by Gasteiger charge is -2.18. The Kier molecular flexibility index (Phi) is 3.54. The molecular formula is C12H13ClFN3S. The summed E-state index contributed by atoms with van der Waals surface area (Å²) in [6.45, 7) is 6.13. The molecule has 18 heavy (non-hydrogen) atoms. The van der Waals surface area contributed by atoms with Crippen molar-refractivity contribution in [2.45, 2.75) is 26.3 Å². The van der Waals surface area contributed by atoms with E-state index in [1.807, 2.05) is 20.8 Å². The molecule has 0 atom stereocenters. The van der Waals surface area contributed by atoms with Gasteiger partial charge in [0.05, 0.1) is 5.02 Å². The molecule has 0 unspecified atom stereocenters. The molecule has 1 N–H and O–H groups in total. The van der Waals surface area contributed by atoms with Gasteiger partial charge < -0.3 is 5.32 Å². The van der Waals surface area contributed by atoms with Crippen molar-refractivity contribution in [1.82, 2.24) is 9.36 Å². The summed E-state index contributed by atoms with van der Waals surface area (Å²) in [5, 5.41) is 4.05. The Morgan fingerprint density at radius 2 is 2.06 bits per heavy atom. The van der Waals surface area contributed by atoms with Crippen LogP contribution in [0.15, 0.2) is 18.2 Å². The summed E-state index contributed by atoms with van der Waals surface area (Å²) in [7, 11) is 0. The molecule has 2 aromatic rings. The summed E-state index contributed by atoms with van der Waals surface area (Å²) in [5.41, 5.74) is 0.636. The van der Waals surface area contributed by atoms with Crippen LogP contribution in [-0.2, 0) is 0 Å². The maximum Gasteiger partial charge on any atom is 0.203 e. The Hall–Kier alpha value is -1.20. The smallest absolute Gasteiger partial charge is 0.203 e. The van der Waals surface area contributed by atoms with Crippen LogP contribution in [0.1, 0.15) is 20.8 Å². The summed E-state index contributed by atoms with van der Waals surface area (Å²) in [6.07, 6.45) is 0. The second-order valence-electron chi connectivity index (χ2n) is 4.93. The van der Waals surface area contributed by atoms with Crippen molar-refractivity contribution in [3.8, 4) is 11.4 Å². The molecule has 0 radical (unpaired) electrons. The first-order valence-corrected chi connectivity index (χ1v) is 6.57. The van der Waals surface area contributed by atoms with E-state index < -0.39 is 5.82 Å². The molecule has 0 aliphatic rings. The highest BCUT2D eigenvalue weighted by Crippen LogP contribution is 2.26. The van der Waals surface area contributed by atoms with Gasteiger partial charge in [0.15, 0.2) is 5.82 Å². The number of hydrogen-bond donors (Lipinski definition) is 1. The van der Waals surface area contributed by atoms with Gasteiger partial charge in [0.1, 0.15) is 5.82 Å². The van der Waals surface area contributed by atoms with Gasteiger partial charge in [-0.25, -0.2) is 4.39 Å². The predicted molar refractivity (Wildman–Crippen MR) is 73.7 cm³/mol. The van der Waals surface area contributed by atoms with E-state index >= 15 is 0 Å². The van der Waals surface area contributed by atoms with E-state index in [4.69, 9.17) is 11.6 Å². The fourth-order valence-electron chi connectivity index (χ4n) is 1.35. The molecule has 1 heterocycles. The molecule has 0 aliphatic carbocycles. The number of nitrogens with zero attached hydrogens (tertiary/aromatic N) is 2. The van der Waals surface area contributed by atoms with Crippen molar-refractivity contribution in [3.05, 3.63) is 29.0 Å². The molecule has 0 fully saturated rings. The van der Waals surface area contributed by atoms with Gasteiger partial charge in [-0.05, 0) is 39.0 Å². The van der Waals surface area contributed by atoms with Crippen molar-refractivity contribution in [2.75, 3.05) is 5.32 Å². The molecule has 2 rings (SSSR count). The number of halogens is 2. The van der Waals surface area contributed by atoms with Crippen LogP contribution in [0.3, 0.4) is 0 Å². The second kappa shape index (κ2) is 4.82. The van der Waals surface area contributed by atoms with Crippen LogP contribution in [-0.4, -0.2) is 14.9 Å². The monoisotopic (exact) mass is 285 g/mol. The van der Waals surface area contributed by atoms with E-state index in [1.165, 1.54) is 23.7 Å². The Balaban J connectivity index is 2.26. The molecule has 3 nitrogen and oxygen atoms in total. The van der Waals surface area contributed by atoms with Crippen molar-refractivity contribution in [2.24, 2.45) is 0 Å². The zero-order valence-electron chi connectivity index (χ0n) is 10.3. The summed E-state index contributed by atoms with van der Waals surface area (Å²) in [5.74, 6) is 0.109. The van der Waals surface area contributed by atoms with E-state index in [1.54, 1.807) is 6.07 Å². The van der Waals surface area contributed by atoms with E-state index in [2.05, 4.69) is 14.7 Å². The topological polar surface area (TPSA) is 37.8 Å². The number of hydrogen-bond acceptors (Lipinski definition) is 4. The highest BCUT2D eigenvalue weighted by molar-refractivity contribution is 7.09. The van der Waals surface area contributed by atoms with Gasteiger partial charge >= 0.3 is 0 Å². The molecule has 0 saturated carbocycles. The van der Waals surface area contributed by atoms with Crippen LogP contribution in [0.5, 0.6) is 0 Å². The zero-order valence-corrected chi connectivity index (χ0v) is 11.9. The third-order valence-electron chi connectivity index (χ3n) is 2.09. The minimum atomic E-state index is -0.441. The van der Waals surface area contributed by atoms with E-state index in [0.717, 1.165) is 5.13 Å². The molecule has 1 aromatic heterocycles. The quantitative estimate of drug-likeness (QED) is 0.898. The van der Waals surface area contributed by atoms with E-state index in [-0.39, 0.29) is 10.6 Å². The molecule has 0 bridgehead atoms. The minimum Gasteiger partial charge on any atom is -0.356 e. The average Bonchev–Trinajstić information content (AvgIpc) is 2.68. The van der Waals surface area contributed by atoms with Crippen molar-refractivity contribution < 1.29 is 4.39 Å². The summed E-state index contributed by atoms with van der Waals surface area (Å²) in [4.78, 5) is 4.35. The molecule has 1 aromatic carbocycles. The molecule has 96 valence electrons. The van der Waals surface area contributed by atoms with Gasteiger partial charge in [-0.1, -0.05) is 11.6 Å². The van der Waals surface area contributed by atoms with Crippen molar-refractivity contribution in [1.29, 1.82) is 0 Å². The second-order valence-corrected chi connectivity index (χ2v) is 6.09. The Bertz CT molecular complexity index is 563. The Morgan fingerprint density at radius 3 is 2.67 bits per heavy atom. The molecule has 0 amide bonds. The number of anilines is 1. The standard InChI is InChI=1S/C12H13ClFN3S/c1-12(2,3)16-11-15-10(17-18-11)7-4-5-9(14)8(13)6-7/h4-6H,1-3H3,(H,15,16,17). The largest absolute Gasteiger partial charge is 0.356 e. The van der Waals surface area contributed by atoms with Crippen LogP contribution in [0.2, 0.25) is 5.02 Å². The van der Waals surface area contributed by atoms with Crippen LogP contribution in [0, 0.1) is 5.82 Å². The summed E-state index contributed by atoms with van der Waals surface area (Å²) >= 11 is 7.01. The maximum atomic E-state index is 13.1. The van der Waals surface area contributed by atoms with Gasteiger partial charge in [-0.15, -0.1) is 0 Å². The van der Waals surface area contributed by atoms with Gasteiger partial charge in [0.25, 0.3) is 0 Å². The zero-order chi connectivity index (χ0) is 13.3. The first-order chi connectivity index (χ1) is 8.35. The highest BCUT2D eigenvalue weighted by Gasteiger charge is 2.14. The number of rotatable bonds is 2. The normalized spacial score (nSPS) is 11.6. The first kappa shape index (κ1) is 13.2. The third-order valence-corrected chi connectivity index (χ3v) is 3.01. The maximum absolute atomic E-state index is 13.1.